The highest BCUT2D eigenvalue weighted by molar-refractivity contribution is 9.10. The Morgan fingerprint density at radius 1 is 1.47 bits per heavy atom. The van der Waals surface area contributed by atoms with E-state index in [0.717, 1.165) is 23.2 Å². The number of benzene rings is 1. The van der Waals surface area contributed by atoms with Gasteiger partial charge in [0, 0.05) is 16.8 Å². The van der Waals surface area contributed by atoms with Crippen molar-refractivity contribution >= 4 is 21.6 Å². The van der Waals surface area contributed by atoms with E-state index < -0.39 is 0 Å². The van der Waals surface area contributed by atoms with Crippen molar-refractivity contribution < 1.29 is 4.74 Å². The van der Waals surface area contributed by atoms with Gasteiger partial charge < -0.3 is 10.1 Å². The van der Waals surface area contributed by atoms with Crippen LogP contribution in [-0.2, 0) is 4.74 Å². The fraction of sp³-hybridized carbons (Fsp3) is 0.500. The van der Waals surface area contributed by atoms with Crippen LogP contribution in [0.15, 0.2) is 22.7 Å². The molecule has 1 N–H and O–H groups in total. The summed E-state index contributed by atoms with van der Waals surface area (Å²) in [5, 5.41) is 3.50. The summed E-state index contributed by atoms with van der Waals surface area (Å²) in [6, 6.07) is 6.80. The van der Waals surface area contributed by atoms with Gasteiger partial charge in [0.2, 0.25) is 0 Å². The molecule has 3 heteroatoms. The average molecular weight is 270 g/mol. The SMILES string of the molecule is Cc1ccc(N[C@H]2CCO[C@@H]2C)cc1Br. The van der Waals surface area contributed by atoms with Crippen molar-refractivity contribution in [1.29, 1.82) is 0 Å². The van der Waals surface area contributed by atoms with Crippen molar-refractivity contribution in [2.24, 2.45) is 0 Å². The summed E-state index contributed by atoms with van der Waals surface area (Å²) >= 11 is 3.54. The van der Waals surface area contributed by atoms with E-state index in [1.54, 1.807) is 0 Å². The number of hydrogen-bond donors (Lipinski definition) is 1. The number of ether oxygens (including phenoxy) is 1. The molecule has 0 saturated carbocycles. The van der Waals surface area contributed by atoms with E-state index in [9.17, 15) is 0 Å². The molecule has 0 amide bonds. The Morgan fingerprint density at radius 3 is 2.87 bits per heavy atom. The quantitative estimate of drug-likeness (QED) is 0.889. The largest absolute Gasteiger partial charge is 0.380 e. The van der Waals surface area contributed by atoms with Crippen molar-refractivity contribution in [3.05, 3.63) is 28.2 Å². The molecule has 1 aromatic rings. The zero-order valence-corrected chi connectivity index (χ0v) is 10.7. The summed E-state index contributed by atoms with van der Waals surface area (Å²) in [7, 11) is 0. The molecule has 1 heterocycles. The third kappa shape index (κ3) is 2.52. The highest BCUT2D eigenvalue weighted by Gasteiger charge is 2.23. The Hall–Kier alpha value is -0.540. The summed E-state index contributed by atoms with van der Waals surface area (Å²) in [5.74, 6) is 0. The Kier molecular flexibility index (Phi) is 3.32. The van der Waals surface area contributed by atoms with E-state index in [1.165, 1.54) is 5.56 Å². The molecule has 82 valence electrons. The predicted octanol–water partition coefficient (Wildman–Crippen LogP) is 3.35. The van der Waals surface area contributed by atoms with E-state index in [-0.39, 0.29) is 0 Å². The topological polar surface area (TPSA) is 21.3 Å². The lowest BCUT2D eigenvalue weighted by molar-refractivity contribution is 0.121. The van der Waals surface area contributed by atoms with Crippen LogP contribution in [0.4, 0.5) is 5.69 Å². The molecule has 0 bridgehead atoms. The molecule has 1 saturated heterocycles. The zero-order chi connectivity index (χ0) is 10.8. The first-order chi connectivity index (χ1) is 7.16. The van der Waals surface area contributed by atoms with Gasteiger partial charge in [0.25, 0.3) is 0 Å². The van der Waals surface area contributed by atoms with Gasteiger partial charge in [0.15, 0.2) is 0 Å². The van der Waals surface area contributed by atoms with Crippen LogP contribution in [0.2, 0.25) is 0 Å². The molecule has 1 aliphatic heterocycles. The van der Waals surface area contributed by atoms with Crippen molar-refractivity contribution in [3.8, 4) is 0 Å². The first kappa shape index (κ1) is 11.0. The number of anilines is 1. The second-order valence-electron chi connectivity index (χ2n) is 4.08. The van der Waals surface area contributed by atoms with Gasteiger partial charge in [-0.25, -0.2) is 0 Å². The molecular weight excluding hydrogens is 254 g/mol. The molecule has 0 unspecified atom stereocenters. The van der Waals surface area contributed by atoms with Crippen LogP contribution in [0.3, 0.4) is 0 Å². The summed E-state index contributed by atoms with van der Waals surface area (Å²) < 4.78 is 6.67. The van der Waals surface area contributed by atoms with Gasteiger partial charge in [0.05, 0.1) is 12.1 Å². The van der Waals surface area contributed by atoms with Gasteiger partial charge in [-0.15, -0.1) is 0 Å². The fourth-order valence-electron chi connectivity index (χ4n) is 1.82. The summed E-state index contributed by atoms with van der Waals surface area (Å²) in [4.78, 5) is 0. The van der Waals surface area contributed by atoms with E-state index in [0.29, 0.717) is 12.1 Å². The standard InChI is InChI=1S/C12H16BrNO/c1-8-3-4-10(7-11(8)13)14-12-5-6-15-9(12)2/h3-4,7,9,12,14H,5-6H2,1-2H3/t9-,12+/m1/s1. The van der Waals surface area contributed by atoms with E-state index in [4.69, 9.17) is 4.74 Å². The van der Waals surface area contributed by atoms with Gasteiger partial charge in [-0.05, 0) is 38.0 Å². The fourth-order valence-corrected chi connectivity index (χ4v) is 2.20. The molecule has 1 aromatic carbocycles. The first-order valence-corrected chi connectivity index (χ1v) is 6.10. The minimum absolute atomic E-state index is 0.310. The highest BCUT2D eigenvalue weighted by Crippen LogP contribution is 2.23. The van der Waals surface area contributed by atoms with Gasteiger partial charge in [-0.3, -0.25) is 0 Å². The van der Waals surface area contributed by atoms with Crippen LogP contribution in [0.5, 0.6) is 0 Å². The van der Waals surface area contributed by atoms with Crippen molar-refractivity contribution in [2.75, 3.05) is 11.9 Å². The minimum atomic E-state index is 0.310. The molecule has 1 fully saturated rings. The van der Waals surface area contributed by atoms with Gasteiger partial charge in [0.1, 0.15) is 0 Å². The monoisotopic (exact) mass is 269 g/mol. The number of hydrogen-bond acceptors (Lipinski definition) is 2. The van der Waals surface area contributed by atoms with Crippen LogP contribution >= 0.6 is 15.9 Å². The second-order valence-corrected chi connectivity index (χ2v) is 4.93. The molecular formula is C12H16BrNO. The van der Waals surface area contributed by atoms with Crippen molar-refractivity contribution in [2.45, 2.75) is 32.4 Å². The number of aryl methyl sites for hydroxylation is 1. The van der Waals surface area contributed by atoms with Crippen molar-refractivity contribution in [1.82, 2.24) is 0 Å². The molecule has 15 heavy (non-hydrogen) atoms. The molecule has 0 aliphatic carbocycles. The molecule has 2 atom stereocenters. The van der Waals surface area contributed by atoms with Crippen LogP contribution in [0, 0.1) is 6.92 Å². The summed E-state index contributed by atoms with van der Waals surface area (Å²) in [6.45, 7) is 5.08. The van der Waals surface area contributed by atoms with Crippen LogP contribution < -0.4 is 5.32 Å². The van der Waals surface area contributed by atoms with Crippen LogP contribution in [0.25, 0.3) is 0 Å². The number of halogens is 1. The lowest BCUT2D eigenvalue weighted by Gasteiger charge is -2.17. The van der Waals surface area contributed by atoms with Crippen molar-refractivity contribution in [3.63, 3.8) is 0 Å². The maximum Gasteiger partial charge on any atom is 0.0748 e. The van der Waals surface area contributed by atoms with Crippen LogP contribution in [0.1, 0.15) is 18.9 Å². The van der Waals surface area contributed by atoms with E-state index in [1.807, 2.05) is 0 Å². The molecule has 2 nitrogen and oxygen atoms in total. The second kappa shape index (κ2) is 4.54. The molecule has 0 aromatic heterocycles. The Labute approximate surface area is 99.1 Å². The maximum atomic E-state index is 5.52. The number of rotatable bonds is 2. The Balaban J connectivity index is 2.07. The summed E-state index contributed by atoms with van der Waals surface area (Å²) in [6.07, 6.45) is 1.40. The lowest BCUT2D eigenvalue weighted by atomic mass is 10.1. The average Bonchev–Trinajstić information content (AvgIpc) is 2.59. The highest BCUT2D eigenvalue weighted by atomic mass is 79.9. The molecule has 1 aliphatic rings. The number of nitrogens with one attached hydrogen (secondary N) is 1. The van der Waals surface area contributed by atoms with Gasteiger partial charge >= 0.3 is 0 Å². The van der Waals surface area contributed by atoms with E-state index in [2.05, 4.69) is 53.3 Å². The smallest absolute Gasteiger partial charge is 0.0748 e. The molecule has 0 radical (unpaired) electrons. The summed E-state index contributed by atoms with van der Waals surface area (Å²) in [5.41, 5.74) is 2.42. The third-order valence-corrected chi connectivity index (χ3v) is 3.75. The lowest BCUT2D eigenvalue weighted by Crippen LogP contribution is -2.26. The molecule has 0 spiro atoms. The minimum Gasteiger partial charge on any atom is -0.380 e. The predicted molar refractivity (Wildman–Crippen MR) is 66.3 cm³/mol. The van der Waals surface area contributed by atoms with Gasteiger partial charge in [-0.1, -0.05) is 22.0 Å². The van der Waals surface area contributed by atoms with E-state index >= 15 is 0 Å². The zero-order valence-electron chi connectivity index (χ0n) is 9.09. The maximum absolute atomic E-state index is 5.52. The van der Waals surface area contributed by atoms with Gasteiger partial charge in [-0.2, -0.15) is 0 Å². The normalized spacial score (nSPS) is 25.5. The van der Waals surface area contributed by atoms with Crippen LogP contribution in [-0.4, -0.2) is 18.8 Å². The first-order valence-electron chi connectivity index (χ1n) is 5.31. The Morgan fingerprint density at radius 2 is 2.27 bits per heavy atom. The Bertz CT molecular complexity index is 353. The third-order valence-electron chi connectivity index (χ3n) is 2.90. The molecule has 2 rings (SSSR count).